The van der Waals surface area contributed by atoms with Crippen molar-refractivity contribution in [3.63, 3.8) is 0 Å². The number of thioether (sulfide) groups is 1. The first-order chi connectivity index (χ1) is 10.4. The first kappa shape index (κ1) is 18.7. The molecule has 1 rings (SSSR count). The van der Waals surface area contributed by atoms with Crippen molar-refractivity contribution < 1.29 is 4.74 Å². The van der Waals surface area contributed by atoms with Crippen molar-refractivity contribution in [1.82, 2.24) is 10.2 Å². The van der Waals surface area contributed by atoms with Gasteiger partial charge in [0.25, 0.3) is 0 Å². The van der Waals surface area contributed by atoms with Gasteiger partial charge in [0.15, 0.2) is 5.96 Å². The van der Waals surface area contributed by atoms with E-state index in [1.54, 1.807) is 7.11 Å². The molecular formula is C17H29N3OS. The Labute approximate surface area is 139 Å². The lowest BCUT2D eigenvalue weighted by atomic mass is 10.2. The van der Waals surface area contributed by atoms with Crippen LogP contribution in [0, 0.1) is 0 Å². The van der Waals surface area contributed by atoms with E-state index in [-0.39, 0.29) is 4.75 Å². The first-order valence-electron chi connectivity index (χ1n) is 7.59. The van der Waals surface area contributed by atoms with Crippen LogP contribution in [0.4, 0.5) is 0 Å². The third kappa shape index (κ3) is 6.18. The lowest BCUT2D eigenvalue weighted by molar-refractivity contribution is 0.414. The zero-order valence-electron chi connectivity index (χ0n) is 14.6. The minimum atomic E-state index is 0.154. The Balaban J connectivity index is 2.75. The second-order valence-electron chi connectivity index (χ2n) is 5.84. The number of nitrogens with one attached hydrogen (secondary N) is 1. The van der Waals surface area contributed by atoms with Gasteiger partial charge in [0.1, 0.15) is 5.75 Å². The fourth-order valence-corrected chi connectivity index (χ4v) is 2.07. The maximum atomic E-state index is 5.20. The first-order valence-corrected chi connectivity index (χ1v) is 8.82. The molecule has 0 unspecified atom stereocenters. The predicted octanol–water partition coefficient (Wildman–Crippen LogP) is 3.23. The summed E-state index contributed by atoms with van der Waals surface area (Å²) in [6.45, 7) is 9.00. The Hall–Kier alpha value is -1.36. The lowest BCUT2D eigenvalue weighted by Gasteiger charge is -2.25. The molecule has 4 nitrogen and oxygen atoms in total. The molecule has 0 fully saturated rings. The van der Waals surface area contributed by atoms with Crippen LogP contribution in [0.5, 0.6) is 5.75 Å². The van der Waals surface area contributed by atoms with Gasteiger partial charge in [-0.3, -0.25) is 4.99 Å². The minimum absolute atomic E-state index is 0.154. The molecule has 0 aliphatic rings. The SMILES string of the molecule is CCNC(=NCC(C)(C)SC)N(C)Cc1ccc(OC)cc1. The lowest BCUT2D eigenvalue weighted by Crippen LogP contribution is -2.39. The van der Waals surface area contributed by atoms with Gasteiger partial charge in [-0.25, -0.2) is 0 Å². The molecule has 5 heteroatoms. The molecule has 0 heterocycles. The summed E-state index contributed by atoms with van der Waals surface area (Å²) in [7, 11) is 3.75. The fourth-order valence-electron chi connectivity index (χ4n) is 1.88. The van der Waals surface area contributed by atoms with E-state index in [1.807, 2.05) is 23.9 Å². The molecule has 22 heavy (non-hydrogen) atoms. The molecule has 0 atom stereocenters. The number of nitrogens with zero attached hydrogens (tertiary/aromatic N) is 2. The Morgan fingerprint density at radius 1 is 1.32 bits per heavy atom. The van der Waals surface area contributed by atoms with Gasteiger partial charge in [0.2, 0.25) is 0 Å². The number of rotatable bonds is 7. The molecule has 1 aromatic rings. The van der Waals surface area contributed by atoms with Crippen LogP contribution in [0.3, 0.4) is 0 Å². The Morgan fingerprint density at radius 2 is 1.95 bits per heavy atom. The van der Waals surface area contributed by atoms with Crippen LogP contribution < -0.4 is 10.1 Å². The standard InChI is InChI=1S/C17H29N3OS/c1-7-18-16(19-13-17(2,3)22-6)20(4)12-14-8-10-15(21-5)11-9-14/h8-11H,7,12-13H2,1-6H3,(H,18,19). The highest BCUT2D eigenvalue weighted by molar-refractivity contribution is 7.99. The average molecular weight is 324 g/mol. The average Bonchev–Trinajstić information content (AvgIpc) is 2.52. The van der Waals surface area contributed by atoms with E-state index in [4.69, 9.17) is 9.73 Å². The Bertz CT molecular complexity index is 471. The number of aliphatic imine (C=N–C) groups is 1. The predicted molar refractivity (Wildman–Crippen MR) is 98.0 cm³/mol. The summed E-state index contributed by atoms with van der Waals surface area (Å²) in [6, 6.07) is 8.16. The van der Waals surface area contributed by atoms with Crippen LogP contribution in [0.2, 0.25) is 0 Å². The fraction of sp³-hybridized carbons (Fsp3) is 0.588. The van der Waals surface area contributed by atoms with E-state index in [2.05, 4.69) is 56.4 Å². The van der Waals surface area contributed by atoms with Crippen molar-refractivity contribution in [2.45, 2.75) is 32.1 Å². The number of guanidine groups is 1. The summed E-state index contributed by atoms with van der Waals surface area (Å²) in [4.78, 5) is 6.93. The molecule has 0 saturated heterocycles. The zero-order chi connectivity index (χ0) is 16.6. The van der Waals surface area contributed by atoms with Crippen LogP contribution in [0.1, 0.15) is 26.3 Å². The molecule has 124 valence electrons. The Kier molecular flexibility index (Phi) is 7.59. The van der Waals surface area contributed by atoms with Crippen molar-refractivity contribution >= 4 is 17.7 Å². The number of ether oxygens (including phenoxy) is 1. The highest BCUT2D eigenvalue weighted by Crippen LogP contribution is 2.21. The summed E-state index contributed by atoms with van der Waals surface area (Å²) in [5.41, 5.74) is 1.23. The van der Waals surface area contributed by atoms with Gasteiger partial charge in [-0.05, 0) is 44.7 Å². The quantitative estimate of drug-likeness (QED) is 0.617. The normalized spacial score (nSPS) is 12.2. The maximum absolute atomic E-state index is 5.20. The van der Waals surface area contributed by atoms with Gasteiger partial charge in [0, 0.05) is 24.9 Å². The van der Waals surface area contributed by atoms with Crippen molar-refractivity contribution in [2.75, 3.05) is 33.5 Å². The van der Waals surface area contributed by atoms with E-state index >= 15 is 0 Å². The number of hydrogen-bond acceptors (Lipinski definition) is 3. The van der Waals surface area contributed by atoms with Crippen LogP contribution in [0.25, 0.3) is 0 Å². The van der Waals surface area contributed by atoms with Gasteiger partial charge in [-0.1, -0.05) is 12.1 Å². The number of hydrogen-bond donors (Lipinski definition) is 1. The summed E-state index contributed by atoms with van der Waals surface area (Å²) in [5, 5.41) is 3.36. The second kappa shape index (κ2) is 8.93. The maximum Gasteiger partial charge on any atom is 0.194 e. The molecule has 0 aromatic heterocycles. The third-order valence-electron chi connectivity index (χ3n) is 3.44. The van der Waals surface area contributed by atoms with Gasteiger partial charge >= 0.3 is 0 Å². The second-order valence-corrected chi connectivity index (χ2v) is 7.35. The summed E-state index contributed by atoms with van der Waals surface area (Å²) < 4.78 is 5.35. The van der Waals surface area contributed by atoms with Crippen molar-refractivity contribution in [3.05, 3.63) is 29.8 Å². The van der Waals surface area contributed by atoms with E-state index in [0.717, 1.165) is 31.3 Å². The van der Waals surface area contributed by atoms with Gasteiger partial charge in [-0.15, -0.1) is 0 Å². The van der Waals surface area contributed by atoms with Gasteiger partial charge < -0.3 is 15.0 Å². The van der Waals surface area contributed by atoms with Crippen LogP contribution in [-0.4, -0.2) is 49.1 Å². The molecule has 0 spiro atoms. The largest absolute Gasteiger partial charge is 0.497 e. The van der Waals surface area contributed by atoms with E-state index in [1.165, 1.54) is 5.56 Å². The van der Waals surface area contributed by atoms with E-state index in [9.17, 15) is 0 Å². The molecule has 0 saturated carbocycles. The number of benzene rings is 1. The monoisotopic (exact) mass is 323 g/mol. The van der Waals surface area contributed by atoms with E-state index in [0.29, 0.717) is 0 Å². The molecule has 0 aliphatic carbocycles. The highest BCUT2D eigenvalue weighted by atomic mass is 32.2. The van der Waals surface area contributed by atoms with Crippen molar-refractivity contribution in [3.8, 4) is 5.75 Å². The van der Waals surface area contributed by atoms with Crippen molar-refractivity contribution in [2.24, 2.45) is 4.99 Å². The van der Waals surface area contributed by atoms with E-state index < -0.39 is 0 Å². The van der Waals surface area contributed by atoms with Crippen molar-refractivity contribution in [1.29, 1.82) is 0 Å². The summed E-state index contributed by atoms with van der Waals surface area (Å²) >= 11 is 1.84. The molecule has 0 bridgehead atoms. The molecule has 0 radical (unpaired) electrons. The van der Waals surface area contributed by atoms with Gasteiger partial charge in [-0.2, -0.15) is 11.8 Å². The molecular weight excluding hydrogens is 294 g/mol. The van der Waals surface area contributed by atoms with Crippen LogP contribution in [0.15, 0.2) is 29.3 Å². The molecule has 1 aromatic carbocycles. The smallest absolute Gasteiger partial charge is 0.194 e. The number of methoxy groups -OCH3 is 1. The van der Waals surface area contributed by atoms with Crippen LogP contribution in [-0.2, 0) is 6.54 Å². The topological polar surface area (TPSA) is 36.9 Å². The third-order valence-corrected chi connectivity index (χ3v) is 4.67. The molecule has 0 aliphatic heterocycles. The highest BCUT2D eigenvalue weighted by Gasteiger charge is 2.16. The van der Waals surface area contributed by atoms with Crippen LogP contribution >= 0.6 is 11.8 Å². The summed E-state index contributed by atoms with van der Waals surface area (Å²) in [6.07, 6.45) is 2.13. The summed E-state index contributed by atoms with van der Waals surface area (Å²) in [5.74, 6) is 1.83. The zero-order valence-corrected chi connectivity index (χ0v) is 15.5. The minimum Gasteiger partial charge on any atom is -0.497 e. The Morgan fingerprint density at radius 3 is 2.45 bits per heavy atom. The molecule has 1 N–H and O–H groups in total. The van der Waals surface area contributed by atoms with Gasteiger partial charge in [0.05, 0.1) is 13.7 Å². The molecule has 0 amide bonds.